The van der Waals surface area contributed by atoms with Crippen LogP contribution in [0.15, 0.2) is 30.3 Å². The molecule has 0 aromatic heterocycles. The largest absolute Gasteiger partial charge is 0.373 e. The molecule has 1 atom stereocenters. The lowest BCUT2D eigenvalue weighted by molar-refractivity contribution is -0.151. The fraction of sp³-hybridized carbons (Fsp3) is 0.400. The number of epoxide rings is 1. The van der Waals surface area contributed by atoms with Crippen molar-refractivity contribution in [1.29, 1.82) is 0 Å². The summed E-state index contributed by atoms with van der Waals surface area (Å²) in [6.07, 6.45) is 0.143. The van der Waals surface area contributed by atoms with E-state index in [9.17, 15) is 14.4 Å². The van der Waals surface area contributed by atoms with E-state index < -0.39 is 23.3 Å². The lowest BCUT2D eigenvalue weighted by Gasteiger charge is -2.41. The number of carbonyl (C=O) groups excluding carboxylic acids is 3. The minimum Gasteiger partial charge on any atom is -0.373 e. The van der Waals surface area contributed by atoms with E-state index in [4.69, 9.17) is 4.74 Å². The van der Waals surface area contributed by atoms with Crippen LogP contribution in [0.4, 0.5) is 4.79 Å². The molecular weight excluding hydrogens is 272 g/mol. The monoisotopic (exact) mass is 288 g/mol. The summed E-state index contributed by atoms with van der Waals surface area (Å²) >= 11 is 0. The van der Waals surface area contributed by atoms with Crippen LogP contribution in [0, 0.1) is 0 Å². The first-order chi connectivity index (χ1) is 9.98. The molecule has 1 aromatic rings. The maximum atomic E-state index is 12.8. The molecule has 2 aliphatic heterocycles. The van der Waals surface area contributed by atoms with Crippen molar-refractivity contribution in [2.24, 2.45) is 0 Å². The van der Waals surface area contributed by atoms with Gasteiger partial charge in [-0.25, -0.2) is 4.79 Å². The third-order valence-electron chi connectivity index (χ3n) is 4.12. The highest BCUT2D eigenvalue weighted by Crippen LogP contribution is 2.39. The minimum atomic E-state index is -1.38. The van der Waals surface area contributed by atoms with Gasteiger partial charge in [-0.2, -0.15) is 0 Å². The number of ether oxygens (including phenoxy) is 1. The molecule has 0 aliphatic carbocycles. The van der Waals surface area contributed by atoms with Gasteiger partial charge in [-0.05, 0) is 5.56 Å². The maximum Gasteiger partial charge on any atom is 0.332 e. The quantitative estimate of drug-likeness (QED) is 0.608. The average Bonchev–Trinajstić information content (AvgIpc) is 3.32. The highest BCUT2D eigenvalue weighted by molar-refractivity contribution is 6.22. The lowest BCUT2D eigenvalue weighted by Crippen LogP contribution is -2.65. The smallest absolute Gasteiger partial charge is 0.332 e. The van der Waals surface area contributed by atoms with E-state index in [1.807, 2.05) is 6.07 Å². The minimum absolute atomic E-state index is 0.117. The van der Waals surface area contributed by atoms with Gasteiger partial charge in [0, 0.05) is 20.5 Å². The highest BCUT2D eigenvalue weighted by atomic mass is 16.6. The van der Waals surface area contributed by atoms with Crippen molar-refractivity contribution in [1.82, 2.24) is 9.80 Å². The maximum absolute atomic E-state index is 12.8. The van der Waals surface area contributed by atoms with Gasteiger partial charge in [-0.1, -0.05) is 30.3 Å². The Morgan fingerprint density at radius 3 is 2.10 bits per heavy atom. The number of hydrogen-bond acceptors (Lipinski definition) is 4. The molecule has 1 aromatic carbocycles. The van der Waals surface area contributed by atoms with Crippen molar-refractivity contribution in [2.45, 2.75) is 17.9 Å². The zero-order valence-electron chi connectivity index (χ0n) is 11.9. The third-order valence-corrected chi connectivity index (χ3v) is 4.12. The Bertz CT molecular complexity index is 585. The van der Waals surface area contributed by atoms with Crippen LogP contribution in [0.25, 0.3) is 0 Å². The standard InChI is InChI=1S/C15H16N2O4/c1-16-12(18)15(8-11-9-21-11,10-6-4-3-5-7-10)13(19)17(2)14(16)20/h3-7,11H,8-9H2,1-2H3. The van der Waals surface area contributed by atoms with Crippen molar-refractivity contribution < 1.29 is 19.1 Å². The van der Waals surface area contributed by atoms with E-state index in [1.54, 1.807) is 24.3 Å². The average molecular weight is 288 g/mol. The molecule has 0 spiro atoms. The molecule has 2 heterocycles. The summed E-state index contributed by atoms with van der Waals surface area (Å²) in [6.45, 7) is 0.538. The Balaban J connectivity index is 2.15. The Hall–Kier alpha value is -2.21. The van der Waals surface area contributed by atoms with Crippen LogP contribution in [-0.4, -0.2) is 54.5 Å². The molecule has 1 unspecified atom stereocenters. The van der Waals surface area contributed by atoms with Gasteiger partial charge in [-0.3, -0.25) is 19.4 Å². The number of nitrogens with zero attached hydrogens (tertiary/aromatic N) is 2. The molecule has 0 N–H and O–H groups in total. The van der Waals surface area contributed by atoms with Crippen LogP contribution in [-0.2, 0) is 19.7 Å². The van der Waals surface area contributed by atoms with E-state index in [0.29, 0.717) is 12.2 Å². The van der Waals surface area contributed by atoms with Crippen LogP contribution >= 0.6 is 0 Å². The predicted octanol–water partition coefficient (Wildman–Crippen LogP) is 0.764. The van der Waals surface area contributed by atoms with Crippen molar-refractivity contribution in [2.75, 3.05) is 20.7 Å². The number of amides is 4. The Morgan fingerprint density at radius 2 is 1.62 bits per heavy atom. The van der Waals surface area contributed by atoms with Crippen molar-refractivity contribution >= 4 is 17.8 Å². The van der Waals surface area contributed by atoms with Gasteiger partial charge < -0.3 is 4.74 Å². The molecule has 2 saturated heterocycles. The number of imide groups is 2. The first kappa shape index (κ1) is 13.8. The normalized spacial score (nSPS) is 24.5. The second-order valence-electron chi connectivity index (χ2n) is 5.44. The number of rotatable bonds is 3. The lowest BCUT2D eigenvalue weighted by atomic mass is 9.73. The topological polar surface area (TPSA) is 70.2 Å². The number of urea groups is 1. The number of benzene rings is 1. The Morgan fingerprint density at radius 1 is 1.10 bits per heavy atom. The first-order valence-corrected chi connectivity index (χ1v) is 6.76. The van der Waals surface area contributed by atoms with Crippen molar-refractivity contribution in [3.63, 3.8) is 0 Å². The summed E-state index contributed by atoms with van der Waals surface area (Å²) in [7, 11) is 2.80. The fourth-order valence-electron chi connectivity index (χ4n) is 2.85. The van der Waals surface area contributed by atoms with Gasteiger partial charge >= 0.3 is 6.03 Å². The zero-order valence-corrected chi connectivity index (χ0v) is 11.9. The summed E-state index contributed by atoms with van der Waals surface area (Å²) in [5.74, 6) is -0.977. The molecule has 0 bridgehead atoms. The highest BCUT2D eigenvalue weighted by Gasteiger charge is 2.58. The predicted molar refractivity (Wildman–Crippen MR) is 73.4 cm³/mol. The molecule has 2 fully saturated rings. The van der Waals surface area contributed by atoms with E-state index in [2.05, 4.69) is 0 Å². The Labute approximate surface area is 122 Å². The molecular formula is C15H16N2O4. The van der Waals surface area contributed by atoms with E-state index in [0.717, 1.165) is 9.80 Å². The fourth-order valence-corrected chi connectivity index (χ4v) is 2.85. The SMILES string of the molecule is CN1C(=O)N(C)C(=O)C(CC2CO2)(c2ccccc2)C1=O. The number of hydrogen-bond donors (Lipinski definition) is 0. The second-order valence-corrected chi connectivity index (χ2v) is 5.44. The van der Waals surface area contributed by atoms with Crippen LogP contribution in [0.2, 0.25) is 0 Å². The molecule has 3 rings (SSSR count). The molecule has 21 heavy (non-hydrogen) atoms. The van der Waals surface area contributed by atoms with Crippen LogP contribution < -0.4 is 0 Å². The third kappa shape index (κ3) is 1.94. The van der Waals surface area contributed by atoms with Gasteiger partial charge in [0.1, 0.15) is 0 Å². The zero-order chi connectivity index (χ0) is 15.2. The molecule has 0 saturated carbocycles. The second kappa shape index (κ2) is 4.66. The van der Waals surface area contributed by atoms with Crippen molar-refractivity contribution in [3.05, 3.63) is 35.9 Å². The summed E-state index contributed by atoms with van der Waals surface area (Å²) in [5.41, 5.74) is -0.776. The van der Waals surface area contributed by atoms with Crippen LogP contribution in [0.3, 0.4) is 0 Å². The number of carbonyl (C=O) groups is 3. The molecule has 6 heteroatoms. The van der Waals surface area contributed by atoms with E-state index in [1.165, 1.54) is 14.1 Å². The summed E-state index contributed by atoms with van der Waals surface area (Å²) in [6, 6.07) is 8.27. The van der Waals surface area contributed by atoms with Gasteiger partial charge in [-0.15, -0.1) is 0 Å². The van der Waals surface area contributed by atoms with Gasteiger partial charge in [0.15, 0.2) is 5.41 Å². The molecule has 2 aliphatic rings. The number of likely N-dealkylation sites (N-methyl/N-ethyl adjacent to an activating group) is 2. The van der Waals surface area contributed by atoms with Crippen LogP contribution in [0.1, 0.15) is 12.0 Å². The van der Waals surface area contributed by atoms with E-state index in [-0.39, 0.29) is 12.5 Å². The van der Waals surface area contributed by atoms with Gasteiger partial charge in [0.25, 0.3) is 11.8 Å². The first-order valence-electron chi connectivity index (χ1n) is 6.76. The molecule has 110 valence electrons. The Kier molecular flexibility index (Phi) is 3.06. The molecule has 6 nitrogen and oxygen atoms in total. The van der Waals surface area contributed by atoms with Crippen LogP contribution in [0.5, 0.6) is 0 Å². The summed E-state index contributed by atoms with van der Waals surface area (Å²) < 4.78 is 5.23. The molecule has 4 amide bonds. The summed E-state index contributed by atoms with van der Waals surface area (Å²) in [4.78, 5) is 39.5. The van der Waals surface area contributed by atoms with Gasteiger partial charge in [0.2, 0.25) is 0 Å². The van der Waals surface area contributed by atoms with Gasteiger partial charge in [0.05, 0.1) is 12.7 Å². The van der Waals surface area contributed by atoms with E-state index >= 15 is 0 Å². The molecule has 0 radical (unpaired) electrons. The summed E-state index contributed by atoms with van der Waals surface area (Å²) in [5, 5.41) is 0. The van der Waals surface area contributed by atoms with Crippen molar-refractivity contribution in [3.8, 4) is 0 Å². The number of barbiturate groups is 1.